The number of hydrogen-bond donors (Lipinski definition) is 1. The predicted octanol–water partition coefficient (Wildman–Crippen LogP) is 1.61. The standard InChI is InChI=1S/C9H10N2OS/c12-9(7-3-4-7)11-10-6-8-2-1-5-13-8/h1-2,5-7H,3-4H2,(H,11,12)/b10-6-. The van der Waals surface area contributed by atoms with Crippen LogP contribution >= 0.6 is 11.3 Å². The first-order valence-electron chi connectivity index (χ1n) is 4.22. The van der Waals surface area contributed by atoms with E-state index in [4.69, 9.17) is 0 Å². The molecule has 1 aromatic rings. The molecule has 13 heavy (non-hydrogen) atoms. The van der Waals surface area contributed by atoms with Gasteiger partial charge in [-0.1, -0.05) is 6.07 Å². The van der Waals surface area contributed by atoms with Gasteiger partial charge in [-0.15, -0.1) is 11.3 Å². The van der Waals surface area contributed by atoms with Gasteiger partial charge in [0.2, 0.25) is 5.91 Å². The highest BCUT2D eigenvalue weighted by Crippen LogP contribution is 2.28. The summed E-state index contributed by atoms with van der Waals surface area (Å²) in [5.74, 6) is 0.272. The Bertz CT molecular complexity index is 314. The minimum Gasteiger partial charge on any atom is -0.273 e. The van der Waals surface area contributed by atoms with E-state index in [9.17, 15) is 4.79 Å². The molecule has 68 valence electrons. The molecular formula is C9H10N2OS. The number of carbonyl (C=O) groups is 1. The third-order valence-electron chi connectivity index (χ3n) is 1.86. The van der Waals surface area contributed by atoms with Crippen LogP contribution in [0, 0.1) is 5.92 Å². The molecule has 2 rings (SSSR count). The molecule has 1 fully saturated rings. The summed E-state index contributed by atoms with van der Waals surface area (Å²) in [6.07, 6.45) is 3.70. The third kappa shape index (κ3) is 2.39. The first kappa shape index (κ1) is 8.44. The van der Waals surface area contributed by atoms with Crippen LogP contribution in [0.25, 0.3) is 0 Å². The average Bonchev–Trinajstić information content (AvgIpc) is 2.86. The lowest BCUT2D eigenvalue weighted by Gasteiger charge is -1.93. The van der Waals surface area contributed by atoms with Gasteiger partial charge >= 0.3 is 0 Å². The third-order valence-corrected chi connectivity index (χ3v) is 2.66. The molecule has 0 saturated heterocycles. The number of rotatable bonds is 3. The van der Waals surface area contributed by atoms with Crippen molar-refractivity contribution >= 4 is 23.5 Å². The first-order valence-corrected chi connectivity index (χ1v) is 5.10. The highest BCUT2D eigenvalue weighted by atomic mass is 32.1. The van der Waals surface area contributed by atoms with Crippen LogP contribution in [0.15, 0.2) is 22.6 Å². The zero-order valence-corrected chi connectivity index (χ0v) is 7.88. The van der Waals surface area contributed by atoms with E-state index >= 15 is 0 Å². The van der Waals surface area contributed by atoms with E-state index in [0.29, 0.717) is 0 Å². The van der Waals surface area contributed by atoms with Gasteiger partial charge in [-0.25, -0.2) is 5.43 Å². The smallest absolute Gasteiger partial charge is 0.243 e. The SMILES string of the molecule is O=C(N/N=C\c1cccs1)C1CC1. The second-order valence-corrected chi connectivity index (χ2v) is 4.00. The van der Waals surface area contributed by atoms with Crippen LogP contribution in [0.2, 0.25) is 0 Å². The Labute approximate surface area is 80.5 Å². The minimum absolute atomic E-state index is 0.0489. The second-order valence-electron chi connectivity index (χ2n) is 3.02. The number of carbonyl (C=O) groups excluding carboxylic acids is 1. The zero-order valence-electron chi connectivity index (χ0n) is 7.06. The van der Waals surface area contributed by atoms with Crippen LogP contribution < -0.4 is 5.43 Å². The molecule has 0 atom stereocenters. The first-order chi connectivity index (χ1) is 6.36. The lowest BCUT2D eigenvalue weighted by Crippen LogP contribution is -2.18. The van der Waals surface area contributed by atoms with E-state index in [0.717, 1.165) is 17.7 Å². The molecule has 1 aliphatic carbocycles. The number of hydrazone groups is 1. The van der Waals surface area contributed by atoms with Crippen molar-refractivity contribution in [3.05, 3.63) is 22.4 Å². The van der Waals surface area contributed by atoms with Gasteiger partial charge in [-0.05, 0) is 24.3 Å². The Hall–Kier alpha value is -1.16. The number of nitrogens with one attached hydrogen (secondary N) is 1. The van der Waals surface area contributed by atoms with Crippen LogP contribution in [0.5, 0.6) is 0 Å². The number of nitrogens with zero attached hydrogens (tertiary/aromatic N) is 1. The van der Waals surface area contributed by atoms with Crippen LogP contribution in [-0.2, 0) is 4.79 Å². The van der Waals surface area contributed by atoms with Crippen molar-refractivity contribution in [2.45, 2.75) is 12.8 Å². The maximum absolute atomic E-state index is 11.1. The van der Waals surface area contributed by atoms with Gasteiger partial charge in [-0.2, -0.15) is 5.10 Å². The van der Waals surface area contributed by atoms with Crippen molar-refractivity contribution in [2.24, 2.45) is 11.0 Å². The number of hydrogen-bond acceptors (Lipinski definition) is 3. The lowest BCUT2D eigenvalue weighted by atomic mass is 10.4. The molecule has 1 aromatic heterocycles. The van der Waals surface area contributed by atoms with Gasteiger partial charge in [0, 0.05) is 10.8 Å². The van der Waals surface area contributed by atoms with E-state index in [-0.39, 0.29) is 11.8 Å². The molecule has 0 radical (unpaired) electrons. The summed E-state index contributed by atoms with van der Waals surface area (Å²) in [4.78, 5) is 12.2. The average molecular weight is 194 g/mol. The van der Waals surface area contributed by atoms with Crippen molar-refractivity contribution < 1.29 is 4.79 Å². The largest absolute Gasteiger partial charge is 0.273 e. The van der Waals surface area contributed by atoms with E-state index in [1.807, 2.05) is 17.5 Å². The Balaban J connectivity index is 1.81. The maximum Gasteiger partial charge on any atom is 0.243 e. The Morgan fingerprint density at radius 2 is 2.54 bits per heavy atom. The highest BCUT2D eigenvalue weighted by Gasteiger charge is 2.29. The van der Waals surface area contributed by atoms with Gasteiger partial charge in [0.15, 0.2) is 0 Å². The quantitative estimate of drug-likeness (QED) is 0.576. The normalized spacial score (nSPS) is 16.3. The Kier molecular flexibility index (Phi) is 2.40. The van der Waals surface area contributed by atoms with Gasteiger partial charge in [0.25, 0.3) is 0 Å². The zero-order chi connectivity index (χ0) is 9.10. The molecule has 1 saturated carbocycles. The second kappa shape index (κ2) is 3.70. The molecule has 3 nitrogen and oxygen atoms in total. The fraction of sp³-hybridized carbons (Fsp3) is 0.333. The summed E-state index contributed by atoms with van der Waals surface area (Å²) in [5, 5.41) is 5.84. The topological polar surface area (TPSA) is 41.5 Å². The minimum atomic E-state index is 0.0489. The Morgan fingerprint density at radius 1 is 1.69 bits per heavy atom. The summed E-state index contributed by atoms with van der Waals surface area (Å²) in [6, 6.07) is 3.91. The van der Waals surface area contributed by atoms with Crippen LogP contribution in [0.1, 0.15) is 17.7 Å². The summed E-state index contributed by atoms with van der Waals surface area (Å²) in [5.41, 5.74) is 2.52. The van der Waals surface area contributed by atoms with Gasteiger partial charge < -0.3 is 0 Å². The summed E-state index contributed by atoms with van der Waals surface area (Å²) in [7, 11) is 0. The van der Waals surface area contributed by atoms with Gasteiger partial charge in [-0.3, -0.25) is 4.79 Å². The van der Waals surface area contributed by atoms with Crippen LogP contribution in [0.3, 0.4) is 0 Å². The molecule has 0 aliphatic heterocycles. The van der Waals surface area contributed by atoms with E-state index in [2.05, 4.69) is 10.5 Å². The summed E-state index contributed by atoms with van der Waals surface area (Å²) >= 11 is 1.60. The monoisotopic (exact) mass is 194 g/mol. The molecule has 4 heteroatoms. The van der Waals surface area contributed by atoms with E-state index < -0.39 is 0 Å². The maximum atomic E-state index is 11.1. The fourth-order valence-corrected chi connectivity index (χ4v) is 1.55. The van der Waals surface area contributed by atoms with Crippen LogP contribution in [0.4, 0.5) is 0 Å². The van der Waals surface area contributed by atoms with Crippen molar-refractivity contribution in [3.63, 3.8) is 0 Å². The molecule has 1 amide bonds. The van der Waals surface area contributed by atoms with E-state index in [1.54, 1.807) is 17.6 Å². The fourth-order valence-electron chi connectivity index (χ4n) is 0.961. The van der Waals surface area contributed by atoms with Crippen molar-refractivity contribution in [3.8, 4) is 0 Å². The molecule has 1 N–H and O–H groups in total. The molecule has 0 unspecified atom stereocenters. The molecule has 0 bridgehead atoms. The van der Waals surface area contributed by atoms with Gasteiger partial charge in [0.05, 0.1) is 6.21 Å². The lowest BCUT2D eigenvalue weighted by molar-refractivity contribution is -0.122. The molecule has 1 aliphatic rings. The van der Waals surface area contributed by atoms with Crippen LogP contribution in [-0.4, -0.2) is 12.1 Å². The number of amides is 1. The summed E-state index contributed by atoms with van der Waals surface area (Å²) in [6.45, 7) is 0. The Morgan fingerprint density at radius 3 is 3.15 bits per heavy atom. The van der Waals surface area contributed by atoms with E-state index in [1.165, 1.54) is 0 Å². The molecule has 0 aromatic carbocycles. The number of thiophene rings is 1. The van der Waals surface area contributed by atoms with Crippen molar-refractivity contribution in [1.82, 2.24) is 5.43 Å². The van der Waals surface area contributed by atoms with Crippen molar-refractivity contribution in [2.75, 3.05) is 0 Å². The molecule has 1 heterocycles. The molecule has 0 spiro atoms. The predicted molar refractivity (Wildman–Crippen MR) is 52.8 cm³/mol. The van der Waals surface area contributed by atoms with Crippen molar-refractivity contribution in [1.29, 1.82) is 0 Å². The highest BCUT2D eigenvalue weighted by molar-refractivity contribution is 7.11. The van der Waals surface area contributed by atoms with Gasteiger partial charge in [0.1, 0.15) is 0 Å². The molecular weight excluding hydrogens is 184 g/mol. The summed E-state index contributed by atoms with van der Waals surface area (Å²) < 4.78 is 0.